The Bertz CT molecular complexity index is 903. The first kappa shape index (κ1) is 16.9. The molecular formula is C16H17N3O3S2. The summed E-state index contributed by atoms with van der Waals surface area (Å²) in [6, 6.07) is 6.29. The number of nitrogens with zero attached hydrogens (tertiary/aromatic N) is 3. The van der Waals surface area contributed by atoms with Crippen molar-refractivity contribution in [2.45, 2.75) is 30.8 Å². The summed E-state index contributed by atoms with van der Waals surface area (Å²) in [5.41, 5.74) is 3.09. The van der Waals surface area contributed by atoms with Crippen molar-refractivity contribution in [2.75, 3.05) is 12.3 Å². The van der Waals surface area contributed by atoms with E-state index in [1.807, 2.05) is 20.8 Å². The molecule has 0 radical (unpaired) electrons. The number of aryl methyl sites for hydroxylation is 2. The molecule has 0 N–H and O–H groups in total. The molecule has 1 aromatic carbocycles. The fourth-order valence-electron chi connectivity index (χ4n) is 2.48. The van der Waals surface area contributed by atoms with Gasteiger partial charge in [0, 0.05) is 23.7 Å². The molecule has 1 aliphatic heterocycles. The van der Waals surface area contributed by atoms with E-state index in [0.29, 0.717) is 10.9 Å². The number of benzene rings is 1. The maximum absolute atomic E-state index is 12.5. The highest BCUT2D eigenvalue weighted by molar-refractivity contribution is 7.99. The number of amides is 1. The first-order valence-corrected chi connectivity index (χ1v) is 9.85. The predicted octanol–water partition coefficient (Wildman–Crippen LogP) is 2.34. The van der Waals surface area contributed by atoms with Gasteiger partial charge in [-0.05, 0) is 38.5 Å². The van der Waals surface area contributed by atoms with Crippen molar-refractivity contribution in [3.05, 3.63) is 46.8 Å². The van der Waals surface area contributed by atoms with Crippen LogP contribution in [0.25, 0.3) is 0 Å². The molecule has 1 aliphatic rings. The standard InChI is InChI=1S/C16H17N3O3S2/c1-10-11(2)17-16(18-12(10)3)23-9-8-19-15(20)13-6-4-5-7-14(13)24(19,21)22/h4-7H,8-9H2,1-3H3. The summed E-state index contributed by atoms with van der Waals surface area (Å²) in [5, 5.41) is 0.595. The molecule has 0 saturated carbocycles. The van der Waals surface area contributed by atoms with Gasteiger partial charge in [0.25, 0.3) is 15.9 Å². The summed E-state index contributed by atoms with van der Waals surface area (Å²) in [6.07, 6.45) is 0. The van der Waals surface area contributed by atoms with Crippen molar-refractivity contribution in [2.24, 2.45) is 0 Å². The molecule has 0 bridgehead atoms. The van der Waals surface area contributed by atoms with Gasteiger partial charge in [-0.2, -0.15) is 0 Å². The fraction of sp³-hybridized carbons (Fsp3) is 0.312. The highest BCUT2D eigenvalue weighted by atomic mass is 32.2. The molecule has 126 valence electrons. The third-order valence-corrected chi connectivity index (χ3v) is 6.72. The van der Waals surface area contributed by atoms with E-state index in [1.54, 1.807) is 12.1 Å². The van der Waals surface area contributed by atoms with Gasteiger partial charge in [-0.25, -0.2) is 22.7 Å². The maximum Gasteiger partial charge on any atom is 0.269 e. The first-order chi connectivity index (χ1) is 11.3. The van der Waals surface area contributed by atoms with Gasteiger partial charge in [0.1, 0.15) is 4.90 Å². The lowest BCUT2D eigenvalue weighted by atomic mass is 10.2. The van der Waals surface area contributed by atoms with E-state index in [9.17, 15) is 13.2 Å². The van der Waals surface area contributed by atoms with Crippen LogP contribution in [0.15, 0.2) is 34.3 Å². The normalized spacial score (nSPS) is 15.6. The molecule has 3 rings (SSSR count). The number of aromatic nitrogens is 2. The van der Waals surface area contributed by atoms with E-state index in [-0.39, 0.29) is 17.0 Å². The quantitative estimate of drug-likeness (QED) is 0.613. The molecule has 0 aliphatic carbocycles. The highest BCUT2D eigenvalue weighted by Crippen LogP contribution is 2.30. The van der Waals surface area contributed by atoms with E-state index >= 15 is 0 Å². The summed E-state index contributed by atoms with van der Waals surface area (Å²) in [7, 11) is -3.74. The second kappa shape index (κ2) is 6.18. The highest BCUT2D eigenvalue weighted by Gasteiger charge is 2.40. The van der Waals surface area contributed by atoms with Crippen molar-refractivity contribution in [3.63, 3.8) is 0 Å². The molecule has 0 saturated heterocycles. The summed E-state index contributed by atoms with van der Waals surface area (Å²) < 4.78 is 25.8. The average molecular weight is 363 g/mol. The Labute approximate surface area is 145 Å². The van der Waals surface area contributed by atoms with Gasteiger partial charge in [-0.1, -0.05) is 23.9 Å². The molecule has 0 fully saturated rings. The number of sulfonamides is 1. The van der Waals surface area contributed by atoms with E-state index in [0.717, 1.165) is 21.3 Å². The van der Waals surface area contributed by atoms with Gasteiger partial charge in [-0.15, -0.1) is 0 Å². The third kappa shape index (κ3) is 2.80. The van der Waals surface area contributed by atoms with Crippen molar-refractivity contribution in [3.8, 4) is 0 Å². The molecule has 2 heterocycles. The van der Waals surface area contributed by atoms with Gasteiger partial charge in [-0.3, -0.25) is 4.79 Å². The molecule has 6 nitrogen and oxygen atoms in total. The van der Waals surface area contributed by atoms with Crippen LogP contribution in [0.4, 0.5) is 0 Å². The minimum absolute atomic E-state index is 0.0817. The van der Waals surface area contributed by atoms with E-state index < -0.39 is 15.9 Å². The molecule has 0 spiro atoms. The number of hydrogen-bond donors (Lipinski definition) is 0. The minimum Gasteiger partial charge on any atom is -0.268 e. The number of hydrogen-bond acceptors (Lipinski definition) is 6. The number of carbonyl (C=O) groups is 1. The second-order valence-corrected chi connectivity index (χ2v) is 8.42. The van der Waals surface area contributed by atoms with Crippen LogP contribution in [-0.2, 0) is 10.0 Å². The average Bonchev–Trinajstić information content (AvgIpc) is 2.73. The van der Waals surface area contributed by atoms with Gasteiger partial charge >= 0.3 is 0 Å². The van der Waals surface area contributed by atoms with Crippen LogP contribution in [0.5, 0.6) is 0 Å². The Balaban J connectivity index is 1.73. The molecule has 2 aromatic rings. The van der Waals surface area contributed by atoms with Crippen LogP contribution in [0.3, 0.4) is 0 Å². The summed E-state index contributed by atoms with van der Waals surface area (Å²) in [6.45, 7) is 5.89. The van der Waals surface area contributed by atoms with E-state index in [4.69, 9.17) is 0 Å². The van der Waals surface area contributed by atoms with Crippen LogP contribution in [0, 0.1) is 20.8 Å². The zero-order chi connectivity index (χ0) is 17.5. The molecule has 0 unspecified atom stereocenters. The zero-order valence-corrected chi connectivity index (χ0v) is 15.2. The van der Waals surface area contributed by atoms with Gasteiger partial charge in [0.05, 0.1) is 5.56 Å². The number of fused-ring (bicyclic) bond motifs is 1. The minimum atomic E-state index is -3.74. The van der Waals surface area contributed by atoms with E-state index in [1.165, 1.54) is 23.9 Å². The lowest BCUT2D eigenvalue weighted by molar-refractivity contribution is 0.0876. The Morgan fingerprint density at radius 3 is 2.33 bits per heavy atom. The van der Waals surface area contributed by atoms with E-state index in [2.05, 4.69) is 9.97 Å². The topological polar surface area (TPSA) is 80.2 Å². The lowest BCUT2D eigenvalue weighted by Gasteiger charge is -2.14. The summed E-state index contributed by atoms with van der Waals surface area (Å²) in [5.74, 6) is -0.0654. The third-order valence-electron chi connectivity index (χ3n) is 4.05. The monoisotopic (exact) mass is 363 g/mol. The molecule has 1 aromatic heterocycles. The summed E-state index contributed by atoms with van der Waals surface area (Å²) in [4.78, 5) is 21.2. The van der Waals surface area contributed by atoms with Crippen LogP contribution >= 0.6 is 11.8 Å². The maximum atomic E-state index is 12.5. The summed E-state index contributed by atoms with van der Waals surface area (Å²) >= 11 is 1.35. The molecule has 24 heavy (non-hydrogen) atoms. The molecule has 0 atom stereocenters. The van der Waals surface area contributed by atoms with Gasteiger partial charge < -0.3 is 0 Å². The Morgan fingerprint density at radius 1 is 1.08 bits per heavy atom. The Morgan fingerprint density at radius 2 is 1.71 bits per heavy atom. The van der Waals surface area contributed by atoms with Crippen molar-refractivity contribution in [1.29, 1.82) is 0 Å². The fourth-order valence-corrected chi connectivity index (χ4v) is 5.02. The largest absolute Gasteiger partial charge is 0.269 e. The molecular weight excluding hydrogens is 346 g/mol. The van der Waals surface area contributed by atoms with Gasteiger partial charge in [0.2, 0.25) is 0 Å². The van der Waals surface area contributed by atoms with Crippen LogP contribution < -0.4 is 0 Å². The number of carbonyl (C=O) groups excluding carboxylic acids is 1. The molecule has 8 heteroatoms. The van der Waals surface area contributed by atoms with Crippen LogP contribution in [0.1, 0.15) is 27.3 Å². The van der Waals surface area contributed by atoms with Gasteiger partial charge in [0.15, 0.2) is 5.16 Å². The zero-order valence-electron chi connectivity index (χ0n) is 13.6. The smallest absolute Gasteiger partial charge is 0.268 e. The first-order valence-electron chi connectivity index (χ1n) is 7.43. The number of rotatable bonds is 4. The molecule has 1 amide bonds. The van der Waals surface area contributed by atoms with Crippen molar-refractivity contribution < 1.29 is 13.2 Å². The van der Waals surface area contributed by atoms with Crippen LogP contribution in [0.2, 0.25) is 0 Å². The Hall–Kier alpha value is -1.93. The van der Waals surface area contributed by atoms with Crippen molar-refractivity contribution >= 4 is 27.7 Å². The van der Waals surface area contributed by atoms with Crippen LogP contribution in [-0.4, -0.2) is 40.9 Å². The number of thioether (sulfide) groups is 1. The Kier molecular flexibility index (Phi) is 4.35. The van der Waals surface area contributed by atoms with Crippen molar-refractivity contribution in [1.82, 2.24) is 14.3 Å². The lowest BCUT2D eigenvalue weighted by Crippen LogP contribution is -2.32. The SMILES string of the molecule is Cc1nc(SCCN2C(=O)c3ccccc3S2(=O)=O)nc(C)c1C. The second-order valence-electron chi connectivity index (χ2n) is 5.53. The predicted molar refractivity (Wildman–Crippen MR) is 91.6 cm³/mol.